The Morgan fingerprint density at radius 3 is 2.65 bits per heavy atom. The van der Waals surface area contributed by atoms with Crippen molar-refractivity contribution in [2.75, 3.05) is 24.5 Å². The molecule has 2 fully saturated rings. The Morgan fingerprint density at radius 1 is 1.12 bits per heavy atom. The maximum atomic E-state index is 13.3. The molecule has 5 rings (SSSR count). The van der Waals surface area contributed by atoms with Gasteiger partial charge in [0.15, 0.2) is 0 Å². The van der Waals surface area contributed by atoms with Gasteiger partial charge in [-0.25, -0.2) is 4.98 Å². The van der Waals surface area contributed by atoms with Crippen LogP contribution in [0, 0.1) is 12.8 Å². The molecule has 3 heterocycles. The molecule has 0 saturated carbocycles. The predicted octanol–water partition coefficient (Wildman–Crippen LogP) is 6.22. The number of amides is 1. The van der Waals surface area contributed by atoms with E-state index in [-0.39, 0.29) is 5.91 Å². The molecule has 0 aliphatic carbocycles. The Hall–Kier alpha value is -2.70. The fraction of sp³-hybridized carbons (Fsp3) is 0.321. The van der Waals surface area contributed by atoms with E-state index in [9.17, 15) is 4.79 Å². The minimum absolute atomic E-state index is 0.00603. The first kappa shape index (κ1) is 23.1. The molecule has 0 unspecified atom stereocenters. The molecule has 0 atom stereocenters. The van der Waals surface area contributed by atoms with Gasteiger partial charge in [0.1, 0.15) is 10.1 Å². The highest BCUT2D eigenvalue weighted by atomic mass is 32.2. The molecule has 174 valence electrons. The minimum Gasteiger partial charge on any atom is -0.356 e. The number of benzene rings is 2. The first-order valence-electron chi connectivity index (χ1n) is 11.9. The van der Waals surface area contributed by atoms with E-state index in [1.807, 2.05) is 24.3 Å². The van der Waals surface area contributed by atoms with Gasteiger partial charge >= 0.3 is 0 Å². The summed E-state index contributed by atoms with van der Waals surface area (Å²) >= 11 is 6.99. The van der Waals surface area contributed by atoms with Gasteiger partial charge in [-0.1, -0.05) is 72.9 Å². The van der Waals surface area contributed by atoms with Gasteiger partial charge in [0.25, 0.3) is 5.91 Å². The van der Waals surface area contributed by atoms with E-state index in [0.29, 0.717) is 15.8 Å². The average molecular weight is 488 g/mol. The Bertz CT molecular complexity index is 1260. The van der Waals surface area contributed by atoms with Crippen LogP contribution in [-0.2, 0) is 11.2 Å². The third-order valence-electron chi connectivity index (χ3n) is 6.69. The molecular weight excluding hydrogens is 458 g/mol. The van der Waals surface area contributed by atoms with Crippen molar-refractivity contribution < 1.29 is 4.79 Å². The molecular formula is C28H29N3OS2. The summed E-state index contributed by atoms with van der Waals surface area (Å²) < 4.78 is 0.630. The van der Waals surface area contributed by atoms with E-state index in [1.54, 1.807) is 4.90 Å². The van der Waals surface area contributed by atoms with Crippen molar-refractivity contribution in [3.05, 3.63) is 76.2 Å². The number of hydrogen-bond donors (Lipinski definition) is 0. The lowest BCUT2D eigenvalue weighted by molar-refractivity contribution is -0.122. The van der Waals surface area contributed by atoms with E-state index >= 15 is 0 Å². The van der Waals surface area contributed by atoms with Crippen LogP contribution in [0.3, 0.4) is 0 Å². The van der Waals surface area contributed by atoms with Crippen molar-refractivity contribution in [1.82, 2.24) is 9.88 Å². The second kappa shape index (κ2) is 9.88. The molecule has 0 bridgehead atoms. The van der Waals surface area contributed by atoms with Crippen LogP contribution in [0.1, 0.15) is 36.5 Å². The van der Waals surface area contributed by atoms with Gasteiger partial charge in [-0.15, -0.1) is 0 Å². The standard InChI is InChI=1S/C28H29N3OS2/c1-19-10-13-30(14-11-19)26-23(17-22-16-20(2)8-9-24(22)29-26)18-25-27(32)31(28(33)34-25)15-12-21-6-4-3-5-7-21/h3-9,16-19H,10-15H2,1-2H3/b25-18-. The van der Waals surface area contributed by atoms with Crippen LogP contribution in [0.5, 0.6) is 0 Å². The third kappa shape index (κ3) is 4.89. The van der Waals surface area contributed by atoms with Crippen LogP contribution in [0.4, 0.5) is 5.82 Å². The smallest absolute Gasteiger partial charge is 0.266 e. The van der Waals surface area contributed by atoms with Gasteiger partial charge in [-0.2, -0.15) is 0 Å². The van der Waals surface area contributed by atoms with Gasteiger partial charge in [0.2, 0.25) is 0 Å². The van der Waals surface area contributed by atoms with Crippen molar-refractivity contribution in [2.24, 2.45) is 5.92 Å². The fourth-order valence-corrected chi connectivity index (χ4v) is 5.90. The molecule has 3 aromatic rings. The maximum absolute atomic E-state index is 13.3. The second-order valence-corrected chi connectivity index (χ2v) is 11.0. The number of hydrogen-bond acceptors (Lipinski definition) is 5. The molecule has 0 N–H and O–H groups in total. The molecule has 2 aliphatic heterocycles. The van der Waals surface area contributed by atoms with Gasteiger partial charge < -0.3 is 4.90 Å². The zero-order valence-electron chi connectivity index (χ0n) is 19.7. The predicted molar refractivity (Wildman–Crippen MR) is 147 cm³/mol. The SMILES string of the molecule is Cc1ccc2nc(N3CCC(C)CC3)c(/C=C3\SC(=S)N(CCc4ccccc4)C3=O)cc2c1. The van der Waals surface area contributed by atoms with E-state index in [0.717, 1.165) is 60.6 Å². The lowest BCUT2D eigenvalue weighted by atomic mass is 9.98. The number of anilines is 1. The maximum Gasteiger partial charge on any atom is 0.266 e. The summed E-state index contributed by atoms with van der Waals surface area (Å²) in [5.41, 5.74) is 4.39. The Kier molecular flexibility index (Phi) is 6.70. The van der Waals surface area contributed by atoms with Crippen LogP contribution in [0.25, 0.3) is 17.0 Å². The van der Waals surface area contributed by atoms with Crippen molar-refractivity contribution in [3.8, 4) is 0 Å². The lowest BCUT2D eigenvalue weighted by Crippen LogP contribution is -2.34. The van der Waals surface area contributed by atoms with E-state index in [2.05, 4.69) is 55.1 Å². The van der Waals surface area contributed by atoms with Gasteiger partial charge in [-0.3, -0.25) is 9.69 Å². The summed E-state index contributed by atoms with van der Waals surface area (Å²) in [4.78, 5) is 23.2. The van der Waals surface area contributed by atoms with Crippen molar-refractivity contribution in [1.29, 1.82) is 0 Å². The summed E-state index contributed by atoms with van der Waals surface area (Å²) in [6.45, 7) is 6.99. The Labute approximate surface area is 211 Å². The van der Waals surface area contributed by atoms with Crippen molar-refractivity contribution in [2.45, 2.75) is 33.1 Å². The molecule has 2 saturated heterocycles. The number of carbonyl (C=O) groups excluding carboxylic acids is 1. The van der Waals surface area contributed by atoms with Crippen LogP contribution in [0.2, 0.25) is 0 Å². The molecule has 34 heavy (non-hydrogen) atoms. The highest BCUT2D eigenvalue weighted by Crippen LogP contribution is 2.36. The lowest BCUT2D eigenvalue weighted by Gasteiger charge is -2.32. The van der Waals surface area contributed by atoms with Gasteiger partial charge in [0, 0.05) is 30.6 Å². The Balaban J connectivity index is 1.46. The fourth-order valence-electron chi connectivity index (χ4n) is 4.60. The average Bonchev–Trinajstić information content (AvgIpc) is 3.10. The molecule has 2 aliphatic rings. The number of aromatic nitrogens is 1. The van der Waals surface area contributed by atoms with Crippen molar-refractivity contribution in [3.63, 3.8) is 0 Å². The summed E-state index contributed by atoms with van der Waals surface area (Å²) in [5, 5.41) is 1.10. The van der Waals surface area contributed by atoms with Gasteiger partial charge in [-0.05, 0) is 61.9 Å². The molecule has 4 nitrogen and oxygen atoms in total. The number of piperidine rings is 1. The van der Waals surface area contributed by atoms with Crippen LogP contribution < -0.4 is 4.90 Å². The summed E-state index contributed by atoms with van der Waals surface area (Å²) in [7, 11) is 0. The number of thioether (sulfide) groups is 1. The number of rotatable bonds is 5. The van der Waals surface area contributed by atoms with Crippen LogP contribution in [-0.4, -0.2) is 39.7 Å². The van der Waals surface area contributed by atoms with E-state index in [1.165, 1.54) is 22.9 Å². The number of nitrogens with zero attached hydrogens (tertiary/aromatic N) is 3. The third-order valence-corrected chi connectivity index (χ3v) is 8.07. The molecule has 6 heteroatoms. The summed E-state index contributed by atoms with van der Waals surface area (Å²) in [6.07, 6.45) is 5.11. The largest absolute Gasteiger partial charge is 0.356 e. The van der Waals surface area contributed by atoms with E-state index in [4.69, 9.17) is 17.2 Å². The number of thiocarbonyl (C=S) groups is 1. The second-order valence-electron chi connectivity index (χ2n) is 9.34. The number of fused-ring (bicyclic) bond motifs is 1. The highest BCUT2D eigenvalue weighted by molar-refractivity contribution is 8.26. The zero-order valence-corrected chi connectivity index (χ0v) is 21.3. The molecule has 0 radical (unpaired) electrons. The number of carbonyl (C=O) groups is 1. The number of aryl methyl sites for hydroxylation is 1. The molecule has 2 aromatic carbocycles. The van der Waals surface area contributed by atoms with Crippen molar-refractivity contribution >= 4 is 57.0 Å². The Morgan fingerprint density at radius 2 is 1.88 bits per heavy atom. The van der Waals surface area contributed by atoms with Gasteiger partial charge in [0.05, 0.1) is 10.4 Å². The highest BCUT2D eigenvalue weighted by Gasteiger charge is 2.32. The molecule has 0 spiro atoms. The summed E-state index contributed by atoms with van der Waals surface area (Å²) in [5.74, 6) is 1.70. The summed E-state index contributed by atoms with van der Waals surface area (Å²) in [6, 6.07) is 18.8. The first-order valence-corrected chi connectivity index (χ1v) is 13.2. The first-order chi connectivity index (χ1) is 16.5. The molecule has 1 aromatic heterocycles. The van der Waals surface area contributed by atoms with E-state index < -0.39 is 0 Å². The number of pyridine rings is 1. The monoisotopic (exact) mass is 487 g/mol. The molecule has 1 amide bonds. The van der Waals surface area contributed by atoms with Crippen LogP contribution in [0.15, 0.2) is 59.5 Å². The van der Waals surface area contributed by atoms with Crippen LogP contribution >= 0.6 is 24.0 Å². The quantitative estimate of drug-likeness (QED) is 0.315. The topological polar surface area (TPSA) is 36.4 Å². The normalized spacial score (nSPS) is 18.5. The minimum atomic E-state index is -0.00603. The zero-order chi connectivity index (χ0) is 23.7.